The molecular formula is C12H17N3O3S2. The van der Waals surface area contributed by atoms with E-state index in [1.54, 1.807) is 24.3 Å². The maximum absolute atomic E-state index is 12.0. The summed E-state index contributed by atoms with van der Waals surface area (Å²) in [6.45, 7) is 2.80. The molecule has 110 valence electrons. The molecule has 0 heterocycles. The Balaban J connectivity index is 2.95. The molecule has 0 radical (unpaired) electrons. The van der Waals surface area contributed by atoms with E-state index in [4.69, 9.17) is 23.7 Å². The van der Waals surface area contributed by atoms with E-state index in [-0.39, 0.29) is 10.7 Å². The molecule has 0 fully saturated rings. The first-order chi connectivity index (χ1) is 9.03. The molecule has 0 spiro atoms. The molecule has 1 rings (SSSR count). The van der Waals surface area contributed by atoms with Crippen LogP contribution in [-0.2, 0) is 20.6 Å². The number of carbonyl (C=O) groups is 1. The zero-order valence-electron chi connectivity index (χ0n) is 11.2. The van der Waals surface area contributed by atoms with Gasteiger partial charge in [-0.05, 0) is 25.5 Å². The zero-order chi connectivity index (χ0) is 15.6. The van der Waals surface area contributed by atoms with Gasteiger partial charge in [-0.15, -0.1) is 0 Å². The monoisotopic (exact) mass is 315 g/mol. The second kappa shape index (κ2) is 5.86. The molecule has 8 heteroatoms. The number of nitrogens with two attached hydrogens (primary N) is 2. The number of amides is 1. The van der Waals surface area contributed by atoms with E-state index in [0.717, 1.165) is 0 Å². The van der Waals surface area contributed by atoms with Gasteiger partial charge in [-0.3, -0.25) is 4.79 Å². The van der Waals surface area contributed by atoms with Crippen LogP contribution in [0.5, 0.6) is 0 Å². The molecule has 0 saturated carbocycles. The van der Waals surface area contributed by atoms with E-state index in [9.17, 15) is 13.2 Å². The number of nitrogens with one attached hydrogen (secondary N) is 1. The molecule has 0 aliphatic heterocycles. The van der Waals surface area contributed by atoms with Crippen molar-refractivity contribution in [1.29, 1.82) is 0 Å². The molecule has 0 aliphatic carbocycles. The topological polar surface area (TPSA) is 115 Å². The van der Waals surface area contributed by atoms with E-state index in [2.05, 4.69) is 4.72 Å². The molecule has 6 nitrogen and oxygen atoms in total. The zero-order valence-corrected chi connectivity index (χ0v) is 12.8. The lowest BCUT2D eigenvalue weighted by molar-refractivity contribution is -0.122. The minimum Gasteiger partial charge on any atom is -0.389 e. The quantitative estimate of drug-likeness (QED) is 0.639. The number of hydrogen-bond acceptors (Lipinski definition) is 4. The number of sulfonamides is 1. The predicted molar refractivity (Wildman–Crippen MR) is 81.4 cm³/mol. The fraction of sp³-hybridized carbons (Fsp3) is 0.333. The van der Waals surface area contributed by atoms with Gasteiger partial charge in [-0.1, -0.05) is 30.4 Å². The smallest absolute Gasteiger partial charge is 0.238 e. The minimum absolute atomic E-state index is 0.190. The molecule has 0 bridgehead atoms. The predicted octanol–water partition coefficient (Wildman–Crippen LogP) is 0.00410. The van der Waals surface area contributed by atoms with Crippen LogP contribution in [0.1, 0.15) is 25.0 Å². The number of rotatable bonds is 6. The van der Waals surface area contributed by atoms with Crippen molar-refractivity contribution in [2.45, 2.75) is 25.1 Å². The summed E-state index contributed by atoms with van der Waals surface area (Å²) in [6, 6.07) is 6.59. The molecule has 0 saturated heterocycles. The van der Waals surface area contributed by atoms with Crippen molar-refractivity contribution < 1.29 is 13.2 Å². The van der Waals surface area contributed by atoms with E-state index in [0.29, 0.717) is 11.1 Å². The average Bonchev–Trinajstić information content (AvgIpc) is 2.26. The maximum atomic E-state index is 12.0. The van der Waals surface area contributed by atoms with E-state index in [1.165, 1.54) is 13.8 Å². The molecule has 0 aromatic heterocycles. The summed E-state index contributed by atoms with van der Waals surface area (Å²) in [7, 11) is -3.71. The van der Waals surface area contributed by atoms with Crippen molar-refractivity contribution in [2.24, 2.45) is 11.5 Å². The number of benzene rings is 1. The Hall–Kier alpha value is -1.51. The van der Waals surface area contributed by atoms with Gasteiger partial charge in [0.05, 0.1) is 5.75 Å². The van der Waals surface area contributed by atoms with E-state index in [1.807, 2.05) is 0 Å². The van der Waals surface area contributed by atoms with E-state index >= 15 is 0 Å². The third-order valence-corrected chi connectivity index (χ3v) is 4.37. The largest absolute Gasteiger partial charge is 0.389 e. The highest BCUT2D eigenvalue weighted by Crippen LogP contribution is 2.11. The summed E-state index contributed by atoms with van der Waals surface area (Å²) < 4.78 is 26.3. The fourth-order valence-corrected chi connectivity index (χ4v) is 3.20. The third kappa shape index (κ3) is 4.55. The van der Waals surface area contributed by atoms with Gasteiger partial charge in [0.25, 0.3) is 0 Å². The maximum Gasteiger partial charge on any atom is 0.238 e. The Morgan fingerprint density at radius 2 is 1.95 bits per heavy atom. The number of hydrogen-bond donors (Lipinski definition) is 3. The molecule has 20 heavy (non-hydrogen) atoms. The second-order valence-corrected chi connectivity index (χ2v) is 7.08. The van der Waals surface area contributed by atoms with Crippen LogP contribution in [0.15, 0.2) is 24.3 Å². The Morgan fingerprint density at radius 3 is 2.45 bits per heavy atom. The first kappa shape index (κ1) is 16.5. The number of thiocarbonyl (C=S) groups is 1. The van der Waals surface area contributed by atoms with Crippen molar-refractivity contribution >= 4 is 33.1 Å². The fourth-order valence-electron chi connectivity index (χ4n) is 1.51. The summed E-state index contributed by atoms with van der Waals surface area (Å²) >= 11 is 4.84. The molecule has 0 atom stereocenters. The summed E-state index contributed by atoms with van der Waals surface area (Å²) in [5, 5.41) is 0. The minimum atomic E-state index is -3.71. The molecule has 0 unspecified atom stereocenters. The Kier molecular flexibility index (Phi) is 4.85. The van der Waals surface area contributed by atoms with Crippen LogP contribution in [0.2, 0.25) is 0 Å². The van der Waals surface area contributed by atoms with Crippen molar-refractivity contribution in [1.82, 2.24) is 4.72 Å². The Bertz CT molecular complexity index is 639. The summed E-state index contributed by atoms with van der Waals surface area (Å²) in [4.78, 5) is 11.3. The third-order valence-electron chi connectivity index (χ3n) is 2.59. The highest BCUT2D eigenvalue weighted by atomic mass is 32.2. The second-order valence-electron chi connectivity index (χ2n) is 4.92. The van der Waals surface area contributed by atoms with Gasteiger partial charge in [0.1, 0.15) is 10.5 Å². The Labute approximate surface area is 123 Å². The summed E-state index contributed by atoms with van der Waals surface area (Å²) in [5.41, 5.74) is 10.4. The van der Waals surface area contributed by atoms with Gasteiger partial charge in [0.15, 0.2) is 0 Å². The van der Waals surface area contributed by atoms with Gasteiger partial charge >= 0.3 is 0 Å². The van der Waals surface area contributed by atoms with Crippen molar-refractivity contribution in [3.8, 4) is 0 Å². The van der Waals surface area contributed by atoms with Crippen molar-refractivity contribution in [3.63, 3.8) is 0 Å². The molecule has 5 N–H and O–H groups in total. The first-order valence-electron chi connectivity index (χ1n) is 5.74. The molecule has 1 amide bonds. The summed E-state index contributed by atoms with van der Waals surface area (Å²) in [5.74, 6) is -1.04. The molecule has 1 aromatic carbocycles. The van der Waals surface area contributed by atoms with Crippen LogP contribution < -0.4 is 16.2 Å². The molecular weight excluding hydrogens is 298 g/mol. The highest BCUT2D eigenvalue weighted by Gasteiger charge is 2.30. The van der Waals surface area contributed by atoms with Gasteiger partial charge in [0.2, 0.25) is 15.9 Å². The van der Waals surface area contributed by atoms with Gasteiger partial charge in [-0.2, -0.15) is 4.72 Å². The standard InChI is InChI=1S/C12H17N3O3S2/c1-12(2,11(14)16)15-20(17,18)7-8-4-3-5-9(6-8)10(13)19/h3-6,15H,7H2,1-2H3,(H2,13,19)(H2,14,16). The lowest BCUT2D eigenvalue weighted by atomic mass is 10.1. The highest BCUT2D eigenvalue weighted by molar-refractivity contribution is 7.88. The lowest BCUT2D eigenvalue weighted by Crippen LogP contribution is -2.53. The number of primary amides is 1. The van der Waals surface area contributed by atoms with E-state index < -0.39 is 21.5 Å². The molecule has 1 aromatic rings. The van der Waals surface area contributed by atoms with Crippen molar-refractivity contribution in [3.05, 3.63) is 35.4 Å². The Morgan fingerprint density at radius 1 is 1.35 bits per heavy atom. The van der Waals surface area contributed by atoms with Crippen LogP contribution in [0.25, 0.3) is 0 Å². The average molecular weight is 315 g/mol. The van der Waals surface area contributed by atoms with Crippen LogP contribution in [0, 0.1) is 0 Å². The summed E-state index contributed by atoms with van der Waals surface area (Å²) in [6.07, 6.45) is 0. The lowest BCUT2D eigenvalue weighted by Gasteiger charge is -2.22. The van der Waals surface area contributed by atoms with Crippen LogP contribution in [0.4, 0.5) is 0 Å². The first-order valence-corrected chi connectivity index (χ1v) is 7.80. The SMILES string of the molecule is CC(C)(NS(=O)(=O)Cc1cccc(C(N)=S)c1)C(N)=O. The van der Waals surface area contributed by atoms with Gasteiger partial charge in [-0.25, -0.2) is 8.42 Å². The van der Waals surface area contributed by atoms with Crippen LogP contribution in [-0.4, -0.2) is 24.9 Å². The van der Waals surface area contributed by atoms with Crippen LogP contribution in [0.3, 0.4) is 0 Å². The normalized spacial score (nSPS) is 12.1. The van der Waals surface area contributed by atoms with Gasteiger partial charge in [0, 0.05) is 5.56 Å². The van der Waals surface area contributed by atoms with Crippen molar-refractivity contribution in [2.75, 3.05) is 0 Å². The van der Waals surface area contributed by atoms with Gasteiger partial charge < -0.3 is 11.5 Å². The van der Waals surface area contributed by atoms with Crippen LogP contribution >= 0.6 is 12.2 Å². The number of carbonyl (C=O) groups excluding carboxylic acids is 1. The molecule has 0 aliphatic rings.